The maximum atomic E-state index is 12.2. The number of amides is 1. The molecular weight excluding hydrogens is 242 g/mol. The molecule has 2 atom stereocenters. The molecule has 0 saturated carbocycles. The summed E-state index contributed by atoms with van der Waals surface area (Å²) >= 11 is 0. The molecule has 6 heteroatoms. The predicted molar refractivity (Wildman–Crippen MR) is 73.7 cm³/mol. The van der Waals surface area contributed by atoms with Crippen molar-refractivity contribution in [1.29, 1.82) is 0 Å². The van der Waals surface area contributed by atoms with Gasteiger partial charge in [-0.25, -0.2) is 0 Å². The van der Waals surface area contributed by atoms with Crippen LogP contribution in [0.2, 0.25) is 0 Å². The van der Waals surface area contributed by atoms with Gasteiger partial charge in [0.05, 0.1) is 6.20 Å². The first-order valence-electron chi connectivity index (χ1n) is 6.75. The number of carbonyl (C=O) groups excluding carboxylic acids is 1. The molecule has 0 bridgehead atoms. The molecule has 1 amide bonds. The minimum atomic E-state index is -0.333. The number of nitrogens with one attached hydrogen (secondary N) is 2. The summed E-state index contributed by atoms with van der Waals surface area (Å²) in [4.78, 5) is 14.5. The van der Waals surface area contributed by atoms with Crippen LogP contribution in [0.25, 0.3) is 0 Å². The van der Waals surface area contributed by atoms with Gasteiger partial charge < -0.3 is 15.5 Å². The molecule has 1 aliphatic heterocycles. The van der Waals surface area contributed by atoms with E-state index in [1.165, 1.54) is 6.42 Å². The van der Waals surface area contributed by atoms with Crippen molar-refractivity contribution < 1.29 is 4.79 Å². The third-order valence-electron chi connectivity index (χ3n) is 3.79. The highest BCUT2D eigenvalue weighted by molar-refractivity contribution is 5.83. The van der Waals surface area contributed by atoms with Crippen molar-refractivity contribution in [3.63, 3.8) is 0 Å². The summed E-state index contributed by atoms with van der Waals surface area (Å²) in [5.74, 6) is 0.0100. The lowest BCUT2D eigenvalue weighted by Gasteiger charge is -2.21. The zero-order valence-corrected chi connectivity index (χ0v) is 11.9. The molecule has 1 aromatic heterocycles. The number of carbonyl (C=O) groups is 1. The molecule has 0 aliphatic carbocycles. The molecule has 1 aliphatic rings. The topological polar surface area (TPSA) is 62.2 Å². The lowest BCUT2D eigenvalue weighted by Crippen LogP contribution is -2.42. The van der Waals surface area contributed by atoms with Crippen LogP contribution in [-0.2, 0) is 11.8 Å². The number of hydrogen-bond acceptors (Lipinski definition) is 4. The molecule has 19 heavy (non-hydrogen) atoms. The van der Waals surface area contributed by atoms with Gasteiger partial charge in [0.25, 0.3) is 0 Å². The smallest absolute Gasteiger partial charge is 0.241 e. The normalized spacial score (nSPS) is 21.5. The van der Waals surface area contributed by atoms with Gasteiger partial charge in [-0.15, -0.1) is 0 Å². The van der Waals surface area contributed by atoms with Crippen LogP contribution in [0.15, 0.2) is 12.4 Å². The van der Waals surface area contributed by atoms with Crippen LogP contribution in [0.1, 0.15) is 24.4 Å². The number of aromatic nitrogens is 2. The Morgan fingerprint density at radius 2 is 2.37 bits per heavy atom. The van der Waals surface area contributed by atoms with E-state index in [1.54, 1.807) is 17.9 Å². The first kappa shape index (κ1) is 14.0. The molecule has 1 saturated heterocycles. The van der Waals surface area contributed by atoms with E-state index in [4.69, 9.17) is 0 Å². The fourth-order valence-electron chi connectivity index (χ4n) is 2.60. The molecule has 0 aromatic carbocycles. The number of aryl methyl sites for hydroxylation is 1. The average Bonchev–Trinajstić information content (AvgIpc) is 2.97. The monoisotopic (exact) mass is 265 g/mol. The minimum absolute atomic E-state index is 0.0100. The molecule has 6 nitrogen and oxygen atoms in total. The average molecular weight is 265 g/mol. The SMILES string of the molecule is CNC(C(=O)NCC1CCCN1C)c1cnn(C)c1. The first-order chi connectivity index (χ1) is 9.11. The summed E-state index contributed by atoms with van der Waals surface area (Å²) in [5, 5.41) is 10.2. The second kappa shape index (κ2) is 6.16. The fourth-order valence-corrected chi connectivity index (χ4v) is 2.60. The van der Waals surface area contributed by atoms with Crippen molar-refractivity contribution in [2.45, 2.75) is 24.9 Å². The van der Waals surface area contributed by atoms with Crippen LogP contribution in [0, 0.1) is 0 Å². The molecule has 2 unspecified atom stereocenters. The Morgan fingerprint density at radius 3 is 2.89 bits per heavy atom. The van der Waals surface area contributed by atoms with E-state index in [9.17, 15) is 4.79 Å². The van der Waals surface area contributed by atoms with Gasteiger partial charge in [-0.2, -0.15) is 5.10 Å². The van der Waals surface area contributed by atoms with Gasteiger partial charge in [-0.1, -0.05) is 0 Å². The quantitative estimate of drug-likeness (QED) is 0.780. The van der Waals surface area contributed by atoms with E-state index >= 15 is 0 Å². The molecule has 0 radical (unpaired) electrons. The van der Waals surface area contributed by atoms with E-state index in [2.05, 4.69) is 27.7 Å². The molecule has 2 rings (SSSR count). The van der Waals surface area contributed by atoms with Crippen molar-refractivity contribution >= 4 is 5.91 Å². The van der Waals surface area contributed by atoms with Crippen molar-refractivity contribution in [2.24, 2.45) is 7.05 Å². The summed E-state index contributed by atoms with van der Waals surface area (Å²) in [6.07, 6.45) is 5.97. The Kier molecular flexibility index (Phi) is 4.55. The number of nitrogens with zero attached hydrogens (tertiary/aromatic N) is 3. The van der Waals surface area contributed by atoms with Crippen molar-refractivity contribution in [3.05, 3.63) is 18.0 Å². The highest BCUT2D eigenvalue weighted by Gasteiger charge is 2.24. The molecule has 1 fully saturated rings. The van der Waals surface area contributed by atoms with Crippen LogP contribution < -0.4 is 10.6 Å². The van der Waals surface area contributed by atoms with Crippen LogP contribution in [0.5, 0.6) is 0 Å². The number of likely N-dealkylation sites (N-methyl/N-ethyl adjacent to an activating group) is 2. The van der Waals surface area contributed by atoms with Crippen LogP contribution in [-0.4, -0.2) is 53.8 Å². The Bertz CT molecular complexity index is 430. The summed E-state index contributed by atoms with van der Waals surface area (Å²) < 4.78 is 1.71. The standard InChI is InChI=1S/C13H23N5O/c1-14-12(10-7-16-18(3)9-10)13(19)15-8-11-5-4-6-17(11)2/h7,9,11-12,14H,4-6,8H2,1-3H3,(H,15,19). The highest BCUT2D eigenvalue weighted by Crippen LogP contribution is 2.15. The molecule has 2 heterocycles. The van der Waals surface area contributed by atoms with Gasteiger partial charge in [0.15, 0.2) is 0 Å². The van der Waals surface area contributed by atoms with E-state index in [0.717, 1.165) is 18.5 Å². The predicted octanol–water partition coefficient (Wildman–Crippen LogP) is -0.109. The summed E-state index contributed by atoms with van der Waals surface area (Å²) in [7, 11) is 5.75. The first-order valence-corrected chi connectivity index (χ1v) is 6.75. The van der Waals surface area contributed by atoms with Gasteiger partial charge in [0, 0.05) is 31.4 Å². The number of likely N-dealkylation sites (tertiary alicyclic amines) is 1. The van der Waals surface area contributed by atoms with Crippen LogP contribution in [0.3, 0.4) is 0 Å². The third-order valence-corrected chi connectivity index (χ3v) is 3.79. The fraction of sp³-hybridized carbons (Fsp3) is 0.692. The van der Waals surface area contributed by atoms with E-state index < -0.39 is 0 Å². The maximum Gasteiger partial charge on any atom is 0.241 e. The molecule has 2 N–H and O–H groups in total. The van der Waals surface area contributed by atoms with Crippen molar-refractivity contribution in [3.8, 4) is 0 Å². The Balaban J connectivity index is 1.90. The molecule has 106 valence electrons. The molecular formula is C13H23N5O. The van der Waals surface area contributed by atoms with Gasteiger partial charge in [0.1, 0.15) is 6.04 Å². The molecule has 1 aromatic rings. The van der Waals surface area contributed by atoms with Gasteiger partial charge in [-0.05, 0) is 33.5 Å². The molecule has 0 spiro atoms. The zero-order chi connectivity index (χ0) is 13.8. The van der Waals surface area contributed by atoms with Gasteiger partial charge in [0.2, 0.25) is 5.91 Å². The lowest BCUT2D eigenvalue weighted by atomic mass is 10.1. The van der Waals surface area contributed by atoms with Gasteiger partial charge in [-0.3, -0.25) is 9.48 Å². The summed E-state index contributed by atoms with van der Waals surface area (Å²) in [6.45, 7) is 1.84. The second-order valence-corrected chi connectivity index (χ2v) is 5.19. The second-order valence-electron chi connectivity index (χ2n) is 5.19. The summed E-state index contributed by atoms with van der Waals surface area (Å²) in [5.41, 5.74) is 0.891. The number of rotatable bonds is 5. The minimum Gasteiger partial charge on any atom is -0.353 e. The largest absolute Gasteiger partial charge is 0.353 e. The highest BCUT2D eigenvalue weighted by atomic mass is 16.2. The lowest BCUT2D eigenvalue weighted by molar-refractivity contribution is -0.123. The summed E-state index contributed by atoms with van der Waals surface area (Å²) in [6, 6.07) is 0.135. The Hall–Kier alpha value is -1.40. The van der Waals surface area contributed by atoms with Gasteiger partial charge >= 0.3 is 0 Å². The third kappa shape index (κ3) is 3.33. The van der Waals surface area contributed by atoms with Crippen molar-refractivity contribution in [1.82, 2.24) is 25.3 Å². The maximum absolute atomic E-state index is 12.2. The van der Waals surface area contributed by atoms with Crippen LogP contribution in [0.4, 0.5) is 0 Å². The Morgan fingerprint density at radius 1 is 1.58 bits per heavy atom. The van der Waals surface area contributed by atoms with E-state index in [1.807, 2.05) is 13.2 Å². The Labute approximate surface area is 114 Å². The van der Waals surface area contributed by atoms with Crippen LogP contribution >= 0.6 is 0 Å². The van der Waals surface area contributed by atoms with E-state index in [-0.39, 0.29) is 11.9 Å². The van der Waals surface area contributed by atoms with Crippen molar-refractivity contribution in [2.75, 3.05) is 27.2 Å². The zero-order valence-electron chi connectivity index (χ0n) is 11.9. The number of hydrogen-bond donors (Lipinski definition) is 2. The van der Waals surface area contributed by atoms with E-state index in [0.29, 0.717) is 12.6 Å².